The molecule has 0 bridgehead atoms. The normalized spacial score (nSPS) is 15.3. The van der Waals surface area contributed by atoms with Gasteiger partial charge in [0.05, 0.1) is 5.69 Å². The minimum absolute atomic E-state index is 0.0493. The number of nitrogens with zero attached hydrogens (tertiary/aromatic N) is 2. The summed E-state index contributed by atoms with van der Waals surface area (Å²) < 4.78 is 5.88. The highest BCUT2D eigenvalue weighted by atomic mass is 16.5. The molecule has 1 unspecified atom stereocenters. The van der Waals surface area contributed by atoms with Crippen LogP contribution >= 0.6 is 0 Å². The number of aromatic nitrogens is 1. The lowest BCUT2D eigenvalue weighted by molar-refractivity contribution is -0.135. The first-order valence-corrected chi connectivity index (χ1v) is 8.70. The molecule has 5 heteroatoms. The Morgan fingerprint density at radius 1 is 1.28 bits per heavy atom. The van der Waals surface area contributed by atoms with Crippen molar-refractivity contribution >= 4 is 11.7 Å². The number of carbonyl (C=O) groups excluding carboxylic acids is 1. The molecular weight excluding hydrogens is 314 g/mol. The Bertz CT molecular complexity index is 769. The first-order chi connectivity index (χ1) is 12.0. The summed E-state index contributed by atoms with van der Waals surface area (Å²) in [5.74, 6) is 1.70. The van der Waals surface area contributed by atoms with E-state index >= 15 is 0 Å². The molecule has 3 rings (SSSR count). The fourth-order valence-electron chi connectivity index (χ4n) is 3.12. The van der Waals surface area contributed by atoms with Crippen molar-refractivity contribution in [3.63, 3.8) is 0 Å². The van der Waals surface area contributed by atoms with Gasteiger partial charge >= 0.3 is 0 Å². The zero-order chi connectivity index (χ0) is 18.0. The second-order valence-corrected chi connectivity index (χ2v) is 6.82. The molecule has 0 aliphatic heterocycles. The van der Waals surface area contributed by atoms with E-state index in [0.29, 0.717) is 11.7 Å². The Morgan fingerprint density at radius 2 is 2.04 bits per heavy atom. The number of nitrogen functional groups attached to an aromatic ring is 1. The second-order valence-electron chi connectivity index (χ2n) is 6.82. The maximum absolute atomic E-state index is 12.0. The van der Waals surface area contributed by atoms with Crippen molar-refractivity contribution in [2.75, 3.05) is 19.8 Å². The molecule has 1 aliphatic carbocycles. The summed E-state index contributed by atoms with van der Waals surface area (Å²) in [6, 6.07) is 11.7. The SMILES string of the molecule is CC(Oc1ccc(-c2cccc(N)n2)c(C2CCC2)c1)C(=O)N(C)C. The number of hydrogen-bond acceptors (Lipinski definition) is 4. The number of nitrogens with two attached hydrogens (primary N) is 1. The summed E-state index contributed by atoms with van der Waals surface area (Å²) in [5.41, 5.74) is 9.05. The van der Waals surface area contributed by atoms with Crippen LogP contribution in [0.15, 0.2) is 36.4 Å². The lowest BCUT2D eigenvalue weighted by atomic mass is 9.77. The second kappa shape index (κ2) is 7.13. The van der Waals surface area contributed by atoms with Crippen molar-refractivity contribution in [1.29, 1.82) is 0 Å². The Morgan fingerprint density at radius 3 is 2.64 bits per heavy atom. The van der Waals surface area contributed by atoms with Crippen LogP contribution in [0.1, 0.15) is 37.7 Å². The smallest absolute Gasteiger partial charge is 0.262 e. The molecule has 2 aromatic rings. The Hall–Kier alpha value is -2.56. The third kappa shape index (κ3) is 3.76. The third-order valence-corrected chi connectivity index (χ3v) is 4.72. The van der Waals surface area contributed by atoms with Crippen LogP contribution in [0.3, 0.4) is 0 Å². The zero-order valence-electron chi connectivity index (χ0n) is 15.0. The van der Waals surface area contributed by atoms with Crippen LogP contribution in [0.5, 0.6) is 5.75 Å². The molecule has 25 heavy (non-hydrogen) atoms. The number of benzene rings is 1. The van der Waals surface area contributed by atoms with Gasteiger partial charge in [0.1, 0.15) is 11.6 Å². The van der Waals surface area contributed by atoms with E-state index in [-0.39, 0.29) is 5.91 Å². The average molecular weight is 339 g/mol. The van der Waals surface area contributed by atoms with Crippen LogP contribution in [0.25, 0.3) is 11.3 Å². The van der Waals surface area contributed by atoms with Gasteiger partial charge in [0.2, 0.25) is 0 Å². The number of ether oxygens (including phenoxy) is 1. The van der Waals surface area contributed by atoms with E-state index in [4.69, 9.17) is 10.5 Å². The molecule has 0 saturated heterocycles. The van der Waals surface area contributed by atoms with Crippen LogP contribution in [-0.2, 0) is 4.79 Å². The highest BCUT2D eigenvalue weighted by Gasteiger charge is 2.24. The van der Waals surface area contributed by atoms with Crippen molar-refractivity contribution in [3.8, 4) is 17.0 Å². The zero-order valence-corrected chi connectivity index (χ0v) is 15.0. The first-order valence-electron chi connectivity index (χ1n) is 8.70. The maximum Gasteiger partial charge on any atom is 0.262 e. The van der Waals surface area contributed by atoms with Crippen LogP contribution in [-0.4, -0.2) is 36.0 Å². The van der Waals surface area contributed by atoms with E-state index in [1.807, 2.05) is 24.3 Å². The molecule has 1 aromatic carbocycles. The van der Waals surface area contributed by atoms with Crippen LogP contribution in [0.2, 0.25) is 0 Å². The summed E-state index contributed by atoms with van der Waals surface area (Å²) in [4.78, 5) is 18.0. The quantitative estimate of drug-likeness (QED) is 0.906. The van der Waals surface area contributed by atoms with E-state index in [0.717, 1.165) is 17.0 Å². The number of pyridine rings is 1. The summed E-state index contributed by atoms with van der Waals surface area (Å²) in [6.07, 6.45) is 3.07. The van der Waals surface area contributed by atoms with E-state index in [9.17, 15) is 4.79 Å². The summed E-state index contributed by atoms with van der Waals surface area (Å²) in [6.45, 7) is 1.78. The molecule has 1 atom stereocenters. The minimum Gasteiger partial charge on any atom is -0.481 e. The highest BCUT2D eigenvalue weighted by molar-refractivity contribution is 5.80. The highest BCUT2D eigenvalue weighted by Crippen LogP contribution is 2.42. The largest absolute Gasteiger partial charge is 0.481 e. The van der Waals surface area contributed by atoms with Crippen LogP contribution in [0.4, 0.5) is 5.82 Å². The fourth-order valence-corrected chi connectivity index (χ4v) is 3.12. The topological polar surface area (TPSA) is 68.5 Å². The predicted molar refractivity (Wildman–Crippen MR) is 99.5 cm³/mol. The van der Waals surface area contributed by atoms with E-state index in [1.54, 1.807) is 32.0 Å². The Labute approximate surface area is 148 Å². The summed E-state index contributed by atoms with van der Waals surface area (Å²) >= 11 is 0. The van der Waals surface area contributed by atoms with Crippen molar-refractivity contribution in [2.24, 2.45) is 0 Å². The van der Waals surface area contributed by atoms with Crippen molar-refractivity contribution in [1.82, 2.24) is 9.88 Å². The minimum atomic E-state index is -0.513. The molecule has 1 amide bonds. The van der Waals surface area contributed by atoms with Gasteiger partial charge < -0.3 is 15.4 Å². The van der Waals surface area contributed by atoms with Crippen LogP contribution in [0, 0.1) is 0 Å². The van der Waals surface area contributed by atoms with Gasteiger partial charge in [-0.2, -0.15) is 0 Å². The van der Waals surface area contributed by atoms with Gasteiger partial charge in [-0.1, -0.05) is 12.5 Å². The Kier molecular flexibility index (Phi) is 4.93. The molecule has 1 aromatic heterocycles. The van der Waals surface area contributed by atoms with E-state index in [1.165, 1.54) is 24.8 Å². The molecule has 0 radical (unpaired) electrons. The molecular formula is C20H25N3O2. The standard InChI is InChI=1S/C20H25N3O2/c1-13(20(24)23(2)3)25-15-10-11-16(17(12-15)14-6-4-7-14)18-8-5-9-19(21)22-18/h5,8-14H,4,6-7H2,1-3H3,(H2,21,22). The fraction of sp³-hybridized carbons (Fsp3) is 0.400. The third-order valence-electron chi connectivity index (χ3n) is 4.72. The van der Waals surface area contributed by atoms with Gasteiger partial charge in [-0.25, -0.2) is 4.98 Å². The molecule has 1 aliphatic rings. The molecule has 2 N–H and O–H groups in total. The maximum atomic E-state index is 12.0. The Balaban J connectivity index is 1.92. The van der Waals surface area contributed by atoms with Gasteiger partial charge in [-0.15, -0.1) is 0 Å². The van der Waals surface area contributed by atoms with Gasteiger partial charge in [-0.3, -0.25) is 4.79 Å². The van der Waals surface area contributed by atoms with Gasteiger partial charge in [0.25, 0.3) is 5.91 Å². The average Bonchev–Trinajstić information content (AvgIpc) is 2.52. The number of likely N-dealkylation sites (N-methyl/N-ethyl adjacent to an activating group) is 1. The predicted octanol–water partition coefficient (Wildman–Crippen LogP) is 3.45. The lowest BCUT2D eigenvalue weighted by Gasteiger charge is -2.28. The monoisotopic (exact) mass is 339 g/mol. The van der Waals surface area contributed by atoms with Gasteiger partial charge in [0.15, 0.2) is 6.10 Å². The van der Waals surface area contributed by atoms with Crippen molar-refractivity contribution in [3.05, 3.63) is 42.0 Å². The van der Waals surface area contributed by atoms with Crippen LogP contribution < -0.4 is 10.5 Å². The number of rotatable bonds is 5. The number of hydrogen-bond donors (Lipinski definition) is 1. The van der Waals surface area contributed by atoms with E-state index in [2.05, 4.69) is 11.1 Å². The van der Waals surface area contributed by atoms with E-state index < -0.39 is 6.10 Å². The van der Waals surface area contributed by atoms with Gasteiger partial charge in [0, 0.05) is 19.7 Å². The molecule has 1 saturated carbocycles. The molecule has 1 heterocycles. The number of anilines is 1. The summed E-state index contributed by atoms with van der Waals surface area (Å²) in [7, 11) is 3.47. The number of carbonyl (C=O) groups is 1. The lowest BCUT2D eigenvalue weighted by Crippen LogP contribution is -2.35. The van der Waals surface area contributed by atoms with Gasteiger partial charge in [-0.05, 0) is 61.6 Å². The molecule has 0 spiro atoms. The number of amides is 1. The first kappa shape index (κ1) is 17.3. The van der Waals surface area contributed by atoms with Crippen molar-refractivity contribution in [2.45, 2.75) is 38.2 Å². The molecule has 132 valence electrons. The van der Waals surface area contributed by atoms with Crippen molar-refractivity contribution < 1.29 is 9.53 Å². The molecule has 1 fully saturated rings. The molecule has 5 nitrogen and oxygen atoms in total. The summed E-state index contributed by atoms with van der Waals surface area (Å²) in [5, 5.41) is 0.